The number of amides is 1. The topological polar surface area (TPSA) is 52.6 Å². The van der Waals surface area contributed by atoms with Crippen LogP contribution in [0.25, 0.3) is 0 Å². The fourth-order valence-corrected chi connectivity index (χ4v) is 2.73. The van der Waals surface area contributed by atoms with Gasteiger partial charge in [0, 0.05) is 13.1 Å². The highest BCUT2D eigenvalue weighted by Gasteiger charge is 2.32. The minimum Gasteiger partial charge on any atom is -0.391 e. The molecule has 0 saturated carbocycles. The zero-order chi connectivity index (χ0) is 11.5. The minimum atomic E-state index is -0.323. The Labute approximate surface area is 97.0 Å². The first-order chi connectivity index (χ1) is 7.68. The van der Waals surface area contributed by atoms with Crippen LogP contribution in [0.3, 0.4) is 0 Å². The molecule has 2 aliphatic heterocycles. The van der Waals surface area contributed by atoms with Crippen LogP contribution in [0.2, 0.25) is 0 Å². The molecule has 3 atom stereocenters. The Morgan fingerprint density at radius 1 is 1.38 bits per heavy atom. The number of hydrogen-bond donors (Lipinski definition) is 2. The second-order valence-corrected chi connectivity index (χ2v) is 5.13. The van der Waals surface area contributed by atoms with E-state index in [1.165, 1.54) is 0 Å². The van der Waals surface area contributed by atoms with Crippen molar-refractivity contribution in [2.75, 3.05) is 19.6 Å². The Hall–Kier alpha value is -0.610. The first kappa shape index (κ1) is 11.9. The Kier molecular flexibility index (Phi) is 3.82. The van der Waals surface area contributed by atoms with E-state index in [0.29, 0.717) is 12.5 Å². The van der Waals surface area contributed by atoms with Gasteiger partial charge in [-0.15, -0.1) is 0 Å². The van der Waals surface area contributed by atoms with E-state index >= 15 is 0 Å². The largest absolute Gasteiger partial charge is 0.391 e. The lowest BCUT2D eigenvalue weighted by Gasteiger charge is -2.36. The standard InChI is InChI=1S/C12H22N2O2/c1-9-4-2-6-13-11(9)12(16)14-7-3-5-10(15)8-14/h9-11,13,15H,2-8H2,1H3/t9?,10-,11?/m0/s1. The molecule has 2 fully saturated rings. The number of nitrogens with zero attached hydrogens (tertiary/aromatic N) is 1. The Morgan fingerprint density at radius 3 is 2.88 bits per heavy atom. The highest BCUT2D eigenvalue weighted by atomic mass is 16.3. The number of hydrogen-bond acceptors (Lipinski definition) is 3. The monoisotopic (exact) mass is 226 g/mol. The summed E-state index contributed by atoms with van der Waals surface area (Å²) < 4.78 is 0. The summed E-state index contributed by atoms with van der Waals surface area (Å²) in [5, 5.41) is 12.9. The van der Waals surface area contributed by atoms with Crippen LogP contribution in [0.1, 0.15) is 32.6 Å². The zero-order valence-electron chi connectivity index (χ0n) is 9.98. The molecule has 1 amide bonds. The summed E-state index contributed by atoms with van der Waals surface area (Å²) in [7, 11) is 0. The van der Waals surface area contributed by atoms with Gasteiger partial charge in [-0.05, 0) is 38.1 Å². The van der Waals surface area contributed by atoms with Gasteiger partial charge < -0.3 is 15.3 Å². The molecule has 2 unspecified atom stereocenters. The van der Waals surface area contributed by atoms with E-state index in [0.717, 1.165) is 38.8 Å². The van der Waals surface area contributed by atoms with Crippen molar-refractivity contribution in [3.63, 3.8) is 0 Å². The maximum absolute atomic E-state index is 12.3. The molecule has 0 spiro atoms. The normalized spacial score (nSPS) is 36.1. The first-order valence-electron chi connectivity index (χ1n) is 6.38. The van der Waals surface area contributed by atoms with Gasteiger partial charge in [0.1, 0.15) is 0 Å². The summed E-state index contributed by atoms with van der Waals surface area (Å²) in [4.78, 5) is 14.1. The fraction of sp³-hybridized carbons (Fsp3) is 0.917. The Morgan fingerprint density at radius 2 is 2.19 bits per heavy atom. The highest BCUT2D eigenvalue weighted by molar-refractivity contribution is 5.82. The molecule has 0 aromatic carbocycles. The van der Waals surface area contributed by atoms with E-state index in [4.69, 9.17) is 0 Å². The second-order valence-electron chi connectivity index (χ2n) is 5.13. The lowest BCUT2D eigenvalue weighted by Crippen LogP contribution is -2.55. The number of nitrogens with one attached hydrogen (secondary N) is 1. The quantitative estimate of drug-likeness (QED) is 0.678. The van der Waals surface area contributed by atoms with Gasteiger partial charge in [-0.2, -0.15) is 0 Å². The third-order valence-corrected chi connectivity index (χ3v) is 3.74. The van der Waals surface area contributed by atoms with Gasteiger partial charge in [-0.25, -0.2) is 0 Å². The average Bonchev–Trinajstić information content (AvgIpc) is 2.29. The highest BCUT2D eigenvalue weighted by Crippen LogP contribution is 2.19. The molecule has 2 saturated heterocycles. The molecule has 92 valence electrons. The molecule has 2 N–H and O–H groups in total. The molecule has 0 bridgehead atoms. The van der Waals surface area contributed by atoms with E-state index in [1.807, 2.05) is 4.90 Å². The van der Waals surface area contributed by atoms with Crippen LogP contribution in [0.4, 0.5) is 0 Å². The molecule has 4 heteroatoms. The average molecular weight is 226 g/mol. The smallest absolute Gasteiger partial charge is 0.240 e. The summed E-state index contributed by atoms with van der Waals surface area (Å²) >= 11 is 0. The number of aliphatic hydroxyl groups is 1. The first-order valence-corrected chi connectivity index (χ1v) is 6.38. The second kappa shape index (κ2) is 5.15. The van der Waals surface area contributed by atoms with E-state index in [1.54, 1.807) is 0 Å². The summed E-state index contributed by atoms with van der Waals surface area (Å²) in [6, 6.07) is -0.0287. The zero-order valence-corrected chi connectivity index (χ0v) is 9.98. The summed E-state index contributed by atoms with van der Waals surface area (Å²) in [6.45, 7) is 4.40. The van der Waals surface area contributed by atoms with Crippen molar-refractivity contribution in [2.45, 2.75) is 44.8 Å². The van der Waals surface area contributed by atoms with Crippen molar-refractivity contribution in [1.82, 2.24) is 10.2 Å². The van der Waals surface area contributed by atoms with Crippen molar-refractivity contribution in [1.29, 1.82) is 0 Å². The van der Waals surface area contributed by atoms with Gasteiger partial charge in [-0.1, -0.05) is 6.92 Å². The van der Waals surface area contributed by atoms with Crippen molar-refractivity contribution in [3.05, 3.63) is 0 Å². The molecule has 4 nitrogen and oxygen atoms in total. The lowest BCUT2D eigenvalue weighted by molar-refractivity contribution is -0.138. The number of aliphatic hydroxyl groups excluding tert-OH is 1. The molecule has 2 aliphatic rings. The summed E-state index contributed by atoms with van der Waals surface area (Å²) in [6.07, 6.45) is 3.72. The van der Waals surface area contributed by atoms with Crippen molar-refractivity contribution < 1.29 is 9.90 Å². The third-order valence-electron chi connectivity index (χ3n) is 3.74. The van der Waals surface area contributed by atoms with Crippen LogP contribution >= 0.6 is 0 Å². The van der Waals surface area contributed by atoms with Crippen LogP contribution in [0.5, 0.6) is 0 Å². The van der Waals surface area contributed by atoms with Crippen molar-refractivity contribution in [3.8, 4) is 0 Å². The molecule has 0 aromatic heterocycles. The van der Waals surface area contributed by atoms with Gasteiger partial charge in [0.25, 0.3) is 0 Å². The molecule has 0 aromatic rings. The van der Waals surface area contributed by atoms with E-state index in [2.05, 4.69) is 12.2 Å². The number of rotatable bonds is 1. The van der Waals surface area contributed by atoms with Crippen LogP contribution in [0, 0.1) is 5.92 Å². The molecule has 16 heavy (non-hydrogen) atoms. The maximum atomic E-state index is 12.3. The predicted octanol–water partition coefficient (Wildman–Crippen LogP) is 0.358. The molecule has 0 aliphatic carbocycles. The van der Waals surface area contributed by atoms with E-state index in [-0.39, 0.29) is 18.1 Å². The summed E-state index contributed by atoms with van der Waals surface area (Å²) in [5.74, 6) is 0.603. The van der Waals surface area contributed by atoms with Crippen molar-refractivity contribution >= 4 is 5.91 Å². The van der Waals surface area contributed by atoms with E-state index in [9.17, 15) is 9.90 Å². The number of carbonyl (C=O) groups excluding carboxylic acids is 1. The Balaban J connectivity index is 1.94. The number of β-amino-alcohol motifs (C(OH)–C–C–N with tert-alkyl or cyclic N) is 1. The molecular formula is C12H22N2O2. The van der Waals surface area contributed by atoms with Crippen molar-refractivity contribution in [2.24, 2.45) is 5.92 Å². The fourth-order valence-electron chi connectivity index (χ4n) is 2.73. The van der Waals surface area contributed by atoms with Crippen LogP contribution in [-0.4, -0.2) is 47.7 Å². The van der Waals surface area contributed by atoms with Gasteiger partial charge in [0.2, 0.25) is 5.91 Å². The predicted molar refractivity (Wildman–Crippen MR) is 62.0 cm³/mol. The van der Waals surface area contributed by atoms with Gasteiger partial charge in [0.05, 0.1) is 12.1 Å². The van der Waals surface area contributed by atoms with Gasteiger partial charge in [0.15, 0.2) is 0 Å². The van der Waals surface area contributed by atoms with Crippen LogP contribution < -0.4 is 5.32 Å². The lowest BCUT2D eigenvalue weighted by atomic mass is 9.91. The summed E-state index contributed by atoms with van der Waals surface area (Å²) in [5.41, 5.74) is 0. The molecule has 0 radical (unpaired) electrons. The number of piperidine rings is 2. The number of carbonyl (C=O) groups is 1. The SMILES string of the molecule is CC1CCCNC1C(=O)N1CCC[C@H](O)C1. The van der Waals surface area contributed by atoms with Crippen LogP contribution in [0.15, 0.2) is 0 Å². The third kappa shape index (κ3) is 2.55. The molecular weight excluding hydrogens is 204 g/mol. The minimum absolute atomic E-state index is 0.0287. The number of likely N-dealkylation sites (tertiary alicyclic amines) is 1. The molecule has 2 heterocycles. The van der Waals surface area contributed by atoms with Gasteiger partial charge in [-0.3, -0.25) is 4.79 Å². The van der Waals surface area contributed by atoms with Gasteiger partial charge >= 0.3 is 0 Å². The molecule has 2 rings (SSSR count). The Bertz CT molecular complexity index is 257. The maximum Gasteiger partial charge on any atom is 0.240 e. The van der Waals surface area contributed by atoms with E-state index < -0.39 is 0 Å². The van der Waals surface area contributed by atoms with Crippen LogP contribution in [-0.2, 0) is 4.79 Å².